The molecule has 0 saturated heterocycles. The molecule has 0 aromatic heterocycles. The first-order valence-corrected chi connectivity index (χ1v) is 9.11. The highest BCUT2D eigenvalue weighted by atomic mass is 32.2. The molecule has 6 heteroatoms. The standard InChI is InChI=1S/C19H23NO4S/c1-4-23-17-11-6-14(12-18(17)24-5-2)20-19(21)13-25-16-9-7-15(22-3)8-10-16/h6-12H,4-5,13H2,1-3H3,(H,20,21). The van der Waals surface area contributed by atoms with Crippen LogP contribution in [0.25, 0.3) is 0 Å². The maximum Gasteiger partial charge on any atom is 0.234 e. The molecule has 1 N–H and O–H groups in total. The van der Waals surface area contributed by atoms with E-state index in [9.17, 15) is 4.79 Å². The summed E-state index contributed by atoms with van der Waals surface area (Å²) < 4.78 is 16.2. The van der Waals surface area contributed by atoms with Crippen LogP contribution in [0, 0.1) is 0 Å². The van der Waals surface area contributed by atoms with Gasteiger partial charge in [-0.3, -0.25) is 4.79 Å². The number of nitrogens with one attached hydrogen (secondary N) is 1. The molecule has 0 heterocycles. The van der Waals surface area contributed by atoms with Crippen molar-refractivity contribution in [1.29, 1.82) is 0 Å². The van der Waals surface area contributed by atoms with E-state index in [1.165, 1.54) is 11.8 Å². The number of amides is 1. The van der Waals surface area contributed by atoms with Crippen LogP contribution < -0.4 is 19.5 Å². The molecule has 0 spiro atoms. The molecule has 0 aliphatic carbocycles. The molecular weight excluding hydrogens is 338 g/mol. The van der Waals surface area contributed by atoms with Gasteiger partial charge in [-0.1, -0.05) is 0 Å². The monoisotopic (exact) mass is 361 g/mol. The van der Waals surface area contributed by atoms with Crippen molar-refractivity contribution in [1.82, 2.24) is 0 Å². The van der Waals surface area contributed by atoms with E-state index in [2.05, 4.69) is 5.32 Å². The highest BCUT2D eigenvalue weighted by Gasteiger charge is 2.09. The average Bonchev–Trinajstić information content (AvgIpc) is 2.63. The van der Waals surface area contributed by atoms with Crippen LogP contribution in [0.5, 0.6) is 17.2 Å². The first-order chi connectivity index (χ1) is 12.2. The molecule has 5 nitrogen and oxygen atoms in total. The van der Waals surface area contributed by atoms with Gasteiger partial charge in [0.1, 0.15) is 5.75 Å². The molecule has 0 fully saturated rings. The molecule has 0 radical (unpaired) electrons. The van der Waals surface area contributed by atoms with Crippen LogP contribution in [-0.2, 0) is 4.79 Å². The van der Waals surface area contributed by atoms with Crippen molar-refractivity contribution in [2.45, 2.75) is 18.7 Å². The van der Waals surface area contributed by atoms with Crippen LogP contribution in [0.3, 0.4) is 0 Å². The molecule has 134 valence electrons. The summed E-state index contributed by atoms with van der Waals surface area (Å²) in [6.07, 6.45) is 0. The summed E-state index contributed by atoms with van der Waals surface area (Å²) in [7, 11) is 1.63. The van der Waals surface area contributed by atoms with Crippen LogP contribution in [0.15, 0.2) is 47.4 Å². The summed E-state index contributed by atoms with van der Waals surface area (Å²) in [6, 6.07) is 13.0. The van der Waals surface area contributed by atoms with E-state index >= 15 is 0 Å². The van der Waals surface area contributed by atoms with E-state index in [1.54, 1.807) is 19.2 Å². The van der Waals surface area contributed by atoms with Crippen molar-refractivity contribution in [2.24, 2.45) is 0 Å². The molecule has 25 heavy (non-hydrogen) atoms. The molecule has 2 aromatic carbocycles. The predicted octanol–water partition coefficient (Wildman–Crippen LogP) is 4.22. The Balaban J connectivity index is 1.93. The van der Waals surface area contributed by atoms with Gasteiger partial charge in [0.05, 0.1) is 26.1 Å². The molecule has 0 bridgehead atoms. The zero-order chi connectivity index (χ0) is 18.1. The van der Waals surface area contributed by atoms with Gasteiger partial charge in [0.15, 0.2) is 11.5 Å². The fraction of sp³-hybridized carbons (Fsp3) is 0.316. The number of carbonyl (C=O) groups excluding carboxylic acids is 1. The average molecular weight is 361 g/mol. The summed E-state index contributed by atoms with van der Waals surface area (Å²) in [6.45, 7) is 4.92. The number of carbonyl (C=O) groups is 1. The van der Waals surface area contributed by atoms with E-state index in [1.807, 2.05) is 44.2 Å². The highest BCUT2D eigenvalue weighted by Crippen LogP contribution is 2.31. The summed E-state index contributed by atoms with van der Waals surface area (Å²) in [5.74, 6) is 2.35. The second-order valence-corrected chi connectivity index (χ2v) is 6.09. The molecular formula is C19H23NO4S. The number of rotatable bonds is 9. The van der Waals surface area contributed by atoms with Crippen molar-refractivity contribution >= 4 is 23.4 Å². The SMILES string of the molecule is CCOc1ccc(NC(=O)CSc2ccc(OC)cc2)cc1OCC. The summed E-state index contributed by atoms with van der Waals surface area (Å²) in [5.41, 5.74) is 0.687. The van der Waals surface area contributed by atoms with E-state index in [-0.39, 0.29) is 5.91 Å². The molecule has 0 atom stereocenters. The van der Waals surface area contributed by atoms with Crippen molar-refractivity contribution in [3.05, 3.63) is 42.5 Å². The van der Waals surface area contributed by atoms with E-state index in [0.29, 0.717) is 36.2 Å². The minimum Gasteiger partial charge on any atom is -0.497 e. The second-order valence-electron chi connectivity index (χ2n) is 5.04. The molecule has 1 amide bonds. The highest BCUT2D eigenvalue weighted by molar-refractivity contribution is 8.00. The second kappa shape index (κ2) is 9.84. The molecule has 2 aromatic rings. The lowest BCUT2D eigenvalue weighted by molar-refractivity contribution is -0.113. The van der Waals surface area contributed by atoms with Crippen molar-refractivity contribution in [3.63, 3.8) is 0 Å². The Morgan fingerprint density at radius 3 is 2.32 bits per heavy atom. The minimum absolute atomic E-state index is 0.0765. The lowest BCUT2D eigenvalue weighted by atomic mass is 10.2. The Hall–Kier alpha value is -2.34. The van der Waals surface area contributed by atoms with Gasteiger partial charge >= 0.3 is 0 Å². The van der Waals surface area contributed by atoms with Gasteiger partial charge < -0.3 is 19.5 Å². The minimum atomic E-state index is -0.0765. The molecule has 0 aliphatic heterocycles. The maximum absolute atomic E-state index is 12.2. The Labute approximate surface area is 152 Å². The molecule has 0 unspecified atom stereocenters. The largest absolute Gasteiger partial charge is 0.497 e. The zero-order valence-corrected chi connectivity index (χ0v) is 15.5. The summed E-state index contributed by atoms with van der Waals surface area (Å²) in [4.78, 5) is 13.2. The molecule has 0 saturated carbocycles. The molecule has 0 aliphatic rings. The fourth-order valence-electron chi connectivity index (χ4n) is 2.15. The smallest absolute Gasteiger partial charge is 0.234 e. The Kier molecular flexibility index (Phi) is 7.47. The van der Waals surface area contributed by atoms with Gasteiger partial charge in [0, 0.05) is 16.6 Å². The first kappa shape index (κ1) is 19.0. The Morgan fingerprint density at radius 1 is 1.00 bits per heavy atom. The number of benzene rings is 2. The van der Waals surface area contributed by atoms with Gasteiger partial charge in [-0.25, -0.2) is 0 Å². The number of methoxy groups -OCH3 is 1. The number of thioether (sulfide) groups is 1. The number of ether oxygens (including phenoxy) is 3. The number of hydrogen-bond acceptors (Lipinski definition) is 5. The predicted molar refractivity (Wildman–Crippen MR) is 101 cm³/mol. The van der Waals surface area contributed by atoms with Crippen LogP contribution in [0.4, 0.5) is 5.69 Å². The van der Waals surface area contributed by atoms with Gasteiger partial charge in [0.25, 0.3) is 0 Å². The third kappa shape index (κ3) is 5.90. The topological polar surface area (TPSA) is 56.8 Å². The zero-order valence-electron chi connectivity index (χ0n) is 14.7. The Morgan fingerprint density at radius 2 is 1.68 bits per heavy atom. The summed E-state index contributed by atoms with van der Waals surface area (Å²) in [5, 5.41) is 2.88. The first-order valence-electron chi connectivity index (χ1n) is 8.12. The van der Waals surface area contributed by atoms with Crippen molar-refractivity contribution < 1.29 is 19.0 Å². The van der Waals surface area contributed by atoms with Gasteiger partial charge in [0.2, 0.25) is 5.91 Å². The third-order valence-electron chi connectivity index (χ3n) is 3.26. The normalized spacial score (nSPS) is 10.2. The number of hydrogen-bond donors (Lipinski definition) is 1. The Bertz CT molecular complexity index is 688. The van der Waals surface area contributed by atoms with Crippen molar-refractivity contribution in [3.8, 4) is 17.2 Å². The molecule has 2 rings (SSSR count). The van der Waals surface area contributed by atoms with Crippen LogP contribution >= 0.6 is 11.8 Å². The van der Waals surface area contributed by atoms with E-state index in [4.69, 9.17) is 14.2 Å². The quantitative estimate of drug-likeness (QED) is 0.678. The van der Waals surface area contributed by atoms with Crippen molar-refractivity contribution in [2.75, 3.05) is 31.4 Å². The van der Waals surface area contributed by atoms with Crippen LogP contribution in [0.1, 0.15) is 13.8 Å². The summed E-state index contributed by atoms with van der Waals surface area (Å²) >= 11 is 1.47. The number of anilines is 1. The lowest BCUT2D eigenvalue weighted by Crippen LogP contribution is -2.14. The van der Waals surface area contributed by atoms with Gasteiger partial charge in [-0.15, -0.1) is 11.8 Å². The van der Waals surface area contributed by atoms with Crippen LogP contribution in [-0.4, -0.2) is 32.0 Å². The van der Waals surface area contributed by atoms with Crippen LogP contribution in [0.2, 0.25) is 0 Å². The van der Waals surface area contributed by atoms with E-state index < -0.39 is 0 Å². The fourth-order valence-corrected chi connectivity index (χ4v) is 2.85. The van der Waals surface area contributed by atoms with Gasteiger partial charge in [-0.2, -0.15) is 0 Å². The third-order valence-corrected chi connectivity index (χ3v) is 4.27. The van der Waals surface area contributed by atoms with Gasteiger partial charge in [-0.05, 0) is 50.2 Å². The lowest BCUT2D eigenvalue weighted by Gasteiger charge is -2.13. The maximum atomic E-state index is 12.2. The van der Waals surface area contributed by atoms with E-state index in [0.717, 1.165) is 10.6 Å².